The minimum Gasteiger partial charge on any atom is -0.479 e. The Morgan fingerprint density at radius 2 is 1.69 bits per heavy atom. The number of amides is 1. The molecule has 0 aliphatic rings. The third kappa shape index (κ3) is 6.00. The number of rotatable bonds is 8. The zero-order valence-corrected chi connectivity index (χ0v) is 20.7. The molecule has 1 N–H and O–H groups in total. The predicted molar refractivity (Wildman–Crippen MR) is 141 cm³/mol. The van der Waals surface area contributed by atoms with Crippen LogP contribution in [0.3, 0.4) is 0 Å². The number of benzene rings is 3. The number of para-hydroxylation sites is 1. The van der Waals surface area contributed by atoms with Gasteiger partial charge in [-0.3, -0.25) is 4.79 Å². The normalized spacial score (nSPS) is 11.0. The fraction of sp³-hybridized carbons (Fsp3) is 0.111. The average Bonchev–Trinajstić information content (AvgIpc) is 2.88. The lowest BCUT2D eigenvalue weighted by molar-refractivity contribution is -0.145. The highest BCUT2D eigenvalue weighted by molar-refractivity contribution is 6.37. The van der Waals surface area contributed by atoms with Crippen LogP contribution >= 0.6 is 23.2 Å². The standard InChI is InChI=1S/C27H21Cl2N3O4/c1-2-35-25(33)16-36-26-21(28)12-17(13-22(26)29)15-30-32-27(34)20-14-24(18-8-4-3-5-9-18)31-23-11-7-6-10-19(20)23/h3-15H,2,16H2,1H3,(H,32,34)/b30-15+. The van der Waals surface area contributed by atoms with E-state index in [-0.39, 0.29) is 29.0 Å². The summed E-state index contributed by atoms with van der Waals surface area (Å²) in [5.41, 5.74) is 5.79. The van der Waals surface area contributed by atoms with Gasteiger partial charge in [-0.05, 0) is 36.8 Å². The van der Waals surface area contributed by atoms with Crippen molar-refractivity contribution in [1.29, 1.82) is 0 Å². The van der Waals surface area contributed by atoms with Crippen molar-refractivity contribution in [1.82, 2.24) is 10.4 Å². The lowest BCUT2D eigenvalue weighted by Crippen LogP contribution is -2.18. The van der Waals surface area contributed by atoms with Crippen LogP contribution in [-0.4, -0.2) is 36.3 Å². The molecule has 4 rings (SSSR count). The van der Waals surface area contributed by atoms with E-state index >= 15 is 0 Å². The summed E-state index contributed by atoms with van der Waals surface area (Å²) < 4.78 is 10.2. The van der Waals surface area contributed by atoms with Gasteiger partial charge in [0.1, 0.15) is 0 Å². The topological polar surface area (TPSA) is 89.9 Å². The van der Waals surface area contributed by atoms with Crippen molar-refractivity contribution in [3.05, 3.63) is 94.0 Å². The number of carbonyl (C=O) groups excluding carboxylic acids is 2. The number of hydrazone groups is 1. The van der Waals surface area contributed by atoms with Gasteiger partial charge >= 0.3 is 5.97 Å². The van der Waals surface area contributed by atoms with Crippen molar-refractivity contribution in [2.75, 3.05) is 13.2 Å². The molecule has 182 valence electrons. The first-order valence-electron chi connectivity index (χ1n) is 11.0. The van der Waals surface area contributed by atoms with E-state index in [0.29, 0.717) is 27.7 Å². The van der Waals surface area contributed by atoms with Gasteiger partial charge in [0.05, 0.1) is 39.6 Å². The van der Waals surface area contributed by atoms with Crippen LogP contribution in [0.1, 0.15) is 22.8 Å². The molecule has 36 heavy (non-hydrogen) atoms. The Morgan fingerprint density at radius 3 is 2.42 bits per heavy atom. The molecule has 0 atom stereocenters. The molecule has 0 saturated carbocycles. The highest BCUT2D eigenvalue weighted by Crippen LogP contribution is 2.34. The van der Waals surface area contributed by atoms with E-state index in [1.165, 1.54) is 6.21 Å². The summed E-state index contributed by atoms with van der Waals surface area (Å²) in [7, 11) is 0. The number of halogens is 2. The monoisotopic (exact) mass is 521 g/mol. The molecule has 1 aromatic heterocycles. The lowest BCUT2D eigenvalue weighted by atomic mass is 10.0. The maximum Gasteiger partial charge on any atom is 0.344 e. The number of hydrogen-bond donors (Lipinski definition) is 1. The Balaban J connectivity index is 1.53. The van der Waals surface area contributed by atoms with Crippen LogP contribution in [-0.2, 0) is 9.53 Å². The smallest absolute Gasteiger partial charge is 0.344 e. The molecule has 0 saturated heterocycles. The summed E-state index contributed by atoms with van der Waals surface area (Å²) in [6, 6.07) is 21.9. The van der Waals surface area contributed by atoms with Gasteiger partial charge in [0.2, 0.25) is 0 Å². The molecule has 0 aliphatic heterocycles. The number of esters is 1. The van der Waals surface area contributed by atoms with Gasteiger partial charge < -0.3 is 9.47 Å². The summed E-state index contributed by atoms with van der Waals surface area (Å²) >= 11 is 12.5. The SMILES string of the molecule is CCOC(=O)COc1c(Cl)cc(/C=N/NC(=O)c2cc(-c3ccccc3)nc3ccccc23)cc1Cl. The molecule has 1 amide bonds. The van der Waals surface area contributed by atoms with Crippen molar-refractivity contribution >= 4 is 52.2 Å². The number of ether oxygens (including phenoxy) is 2. The number of carbonyl (C=O) groups is 2. The fourth-order valence-electron chi connectivity index (χ4n) is 3.47. The summed E-state index contributed by atoms with van der Waals surface area (Å²) in [6.07, 6.45) is 1.41. The highest BCUT2D eigenvalue weighted by Gasteiger charge is 2.14. The van der Waals surface area contributed by atoms with Crippen molar-refractivity contribution in [2.45, 2.75) is 6.92 Å². The molecule has 0 unspecified atom stereocenters. The minimum absolute atomic E-state index is 0.157. The first kappa shape index (κ1) is 25.2. The van der Waals surface area contributed by atoms with Crippen LogP contribution in [0.15, 0.2) is 77.9 Å². The van der Waals surface area contributed by atoms with Gasteiger partial charge in [0, 0.05) is 10.9 Å². The summed E-state index contributed by atoms with van der Waals surface area (Å²) in [6.45, 7) is 1.62. The molecule has 7 nitrogen and oxygen atoms in total. The first-order valence-corrected chi connectivity index (χ1v) is 11.8. The van der Waals surface area contributed by atoms with Crippen LogP contribution in [0.4, 0.5) is 0 Å². The van der Waals surface area contributed by atoms with E-state index in [1.54, 1.807) is 25.1 Å². The number of hydrogen-bond acceptors (Lipinski definition) is 6. The Labute approximate surface area is 217 Å². The summed E-state index contributed by atoms with van der Waals surface area (Å²) in [5, 5.41) is 5.14. The summed E-state index contributed by atoms with van der Waals surface area (Å²) in [4.78, 5) is 29.3. The number of pyridine rings is 1. The zero-order chi connectivity index (χ0) is 25.5. The summed E-state index contributed by atoms with van der Waals surface area (Å²) in [5.74, 6) is -0.769. The van der Waals surface area contributed by atoms with E-state index in [0.717, 1.165) is 5.56 Å². The van der Waals surface area contributed by atoms with Crippen molar-refractivity contribution in [2.24, 2.45) is 5.10 Å². The minimum atomic E-state index is -0.531. The number of aromatic nitrogens is 1. The van der Waals surface area contributed by atoms with Crippen molar-refractivity contribution in [3.8, 4) is 17.0 Å². The molecule has 9 heteroatoms. The molecule has 0 spiro atoms. The maximum absolute atomic E-state index is 13.1. The maximum atomic E-state index is 13.1. The van der Waals surface area contributed by atoms with Crippen LogP contribution in [0.2, 0.25) is 10.0 Å². The molecular weight excluding hydrogens is 501 g/mol. The van der Waals surface area contributed by atoms with Gasteiger partial charge in [0.25, 0.3) is 5.91 Å². The third-order valence-corrected chi connectivity index (χ3v) is 5.63. The Kier molecular flexibility index (Phi) is 8.15. The van der Waals surface area contributed by atoms with E-state index < -0.39 is 11.9 Å². The molecule has 3 aromatic carbocycles. The Bertz CT molecular complexity index is 1420. The second-order valence-electron chi connectivity index (χ2n) is 7.54. The third-order valence-electron chi connectivity index (χ3n) is 5.07. The van der Waals surface area contributed by atoms with E-state index in [1.807, 2.05) is 54.6 Å². The Hall–Kier alpha value is -3.94. The van der Waals surface area contributed by atoms with E-state index in [2.05, 4.69) is 10.5 Å². The van der Waals surface area contributed by atoms with Gasteiger partial charge in [-0.2, -0.15) is 5.10 Å². The predicted octanol–water partition coefficient (Wildman–Crippen LogP) is 5.91. The van der Waals surface area contributed by atoms with Crippen LogP contribution in [0.5, 0.6) is 5.75 Å². The van der Waals surface area contributed by atoms with Crippen LogP contribution in [0, 0.1) is 0 Å². The lowest BCUT2D eigenvalue weighted by Gasteiger charge is -2.10. The molecule has 0 bridgehead atoms. The molecule has 0 radical (unpaired) electrons. The Morgan fingerprint density at radius 1 is 1.00 bits per heavy atom. The van der Waals surface area contributed by atoms with Gasteiger partial charge in [-0.1, -0.05) is 71.7 Å². The van der Waals surface area contributed by atoms with Gasteiger partial charge in [-0.15, -0.1) is 0 Å². The molecule has 0 fully saturated rings. The van der Waals surface area contributed by atoms with Crippen LogP contribution < -0.4 is 10.2 Å². The molecule has 1 heterocycles. The van der Waals surface area contributed by atoms with Gasteiger partial charge in [0.15, 0.2) is 12.4 Å². The number of nitrogens with zero attached hydrogens (tertiary/aromatic N) is 2. The van der Waals surface area contributed by atoms with Crippen molar-refractivity contribution < 1.29 is 19.1 Å². The zero-order valence-electron chi connectivity index (χ0n) is 19.2. The number of fused-ring (bicyclic) bond motifs is 1. The first-order chi connectivity index (χ1) is 17.5. The second-order valence-corrected chi connectivity index (χ2v) is 8.36. The molecular formula is C27H21Cl2N3O4. The van der Waals surface area contributed by atoms with E-state index in [9.17, 15) is 9.59 Å². The fourth-order valence-corrected chi connectivity index (χ4v) is 4.08. The van der Waals surface area contributed by atoms with Crippen molar-refractivity contribution in [3.63, 3.8) is 0 Å². The van der Waals surface area contributed by atoms with E-state index in [4.69, 9.17) is 37.7 Å². The highest BCUT2D eigenvalue weighted by atomic mass is 35.5. The molecule has 4 aromatic rings. The van der Waals surface area contributed by atoms with Gasteiger partial charge in [-0.25, -0.2) is 15.2 Å². The second kappa shape index (κ2) is 11.7. The molecule has 0 aliphatic carbocycles. The number of nitrogens with one attached hydrogen (secondary N) is 1. The quantitative estimate of drug-likeness (QED) is 0.176. The van der Waals surface area contributed by atoms with Crippen LogP contribution in [0.25, 0.3) is 22.2 Å². The largest absolute Gasteiger partial charge is 0.479 e. The average molecular weight is 522 g/mol.